The second-order valence-corrected chi connectivity index (χ2v) is 4.36. The number of epoxide rings is 1. The van der Waals surface area contributed by atoms with Crippen LogP contribution in [0.15, 0.2) is 42.5 Å². The Labute approximate surface area is 103 Å². The molecule has 2 nitrogen and oxygen atoms in total. The summed E-state index contributed by atoms with van der Waals surface area (Å²) < 4.78 is 11.1. The number of rotatable bonds is 7. The average molecular weight is 232 g/mol. The van der Waals surface area contributed by atoms with E-state index in [4.69, 9.17) is 9.47 Å². The predicted octanol–water partition coefficient (Wildman–Crippen LogP) is 3.33. The Balaban J connectivity index is 1.59. The van der Waals surface area contributed by atoms with Crippen LogP contribution in [0.5, 0.6) is 0 Å². The Kier molecular flexibility index (Phi) is 4.77. The van der Waals surface area contributed by atoms with Gasteiger partial charge in [-0.25, -0.2) is 0 Å². The molecular formula is C15H20O2. The highest BCUT2D eigenvalue weighted by Crippen LogP contribution is 2.24. The summed E-state index contributed by atoms with van der Waals surface area (Å²) in [4.78, 5) is 0. The molecule has 1 heterocycles. The zero-order valence-corrected chi connectivity index (χ0v) is 10.3. The maximum absolute atomic E-state index is 5.62. The smallest absolute Gasteiger partial charge is 0.111 e. The van der Waals surface area contributed by atoms with Crippen molar-refractivity contribution in [1.29, 1.82) is 0 Å². The maximum atomic E-state index is 5.62. The van der Waals surface area contributed by atoms with Gasteiger partial charge < -0.3 is 9.47 Å². The molecule has 1 fully saturated rings. The van der Waals surface area contributed by atoms with Crippen LogP contribution in [0.2, 0.25) is 0 Å². The minimum Gasteiger partial charge on any atom is -0.374 e. The molecule has 1 aliphatic rings. The Hall–Kier alpha value is -1.12. The number of hydrogen-bond donors (Lipinski definition) is 0. The highest BCUT2D eigenvalue weighted by atomic mass is 16.6. The van der Waals surface area contributed by atoms with Crippen LogP contribution < -0.4 is 0 Å². The summed E-state index contributed by atoms with van der Waals surface area (Å²) in [5.41, 5.74) is 1.21. The third-order valence-corrected chi connectivity index (χ3v) is 2.80. The summed E-state index contributed by atoms with van der Waals surface area (Å²) in [6.45, 7) is 3.54. The van der Waals surface area contributed by atoms with E-state index in [9.17, 15) is 0 Å². The van der Waals surface area contributed by atoms with E-state index in [1.807, 2.05) is 18.2 Å². The maximum Gasteiger partial charge on any atom is 0.111 e. The summed E-state index contributed by atoms with van der Waals surface area (Å²) in [6.07, 6.45) is 7.24. The molecular weight excluding hydrogens is 212 g/mol. The van der Waals surface area contributed by atoms with Crippen molar-refractivity contribution in [1.82, 2.24) is 0 Å². The third kappa shape index (κ3) is 4.33. The van der Waals surface area contributed by atoms with E-state index in [1.54, 1.807) is 0 Å². The topological polar surface area (TPSA) is 21.8 Å². The van der Waals surface area contributed by atoms with Crippen molar-refractivity contribution in [3.8, 4) is 0 Å². The first-order valence-corrected chi connectivity index (χ1v) is 6.34. The van der Waals surface area contributed by atoms with Crippen LogP contribution in [-0.2, 0) is 16.1 Å². The molecule has 0 radical (unpaired) electrons. The zero-order valence-electron chi connectivity index (χ0n) is 10.3. The lowest BCUT2D eigenvalue weighted by molar-refractivity contribution is 0.104. The van der Waals surface area contributed by atoms with Crippen LogP contribution >= 0.6 is 0 Å². The largest absolute Gasteiger partial charge is 0.374 e. The molecule has 1 aromatic rings. The van der Waals surface area contributed by atoms with Gasteiger partial charge >= 0.3 is 0 Å². The molecule has 17 heavy (non-hydrogen) atoms. The second-order valence-electron chi connectivity index (χ2n) is 4.36. The van der Waals surface area contributed by atoms with Gasteiger partial charge in [0, 0.05) is 0 Å². The van der Waals surface area contributed by atoms with Gasteiger partial charge in [0.25, 0.3) is 0 Å². The first kappa shape index (κ1) is 12.3. The molecule has 0 bridgehead atoms. The molecule has 1 aliphatic heterocycles. The summed E-state index contributed by atoms with van der Waals surface area (Å²) in [6, 6.07) is 10.2. The van der Waals surface area contributed by atoms with Crippen molar-refractivity contribution in [2.24, 2.45) is 0 Å². The van der Waals surface area contributed by atoms with Crippen molar-refractivity contribution in [2.75, 3.05) is 6.61 Å². The fourth-order valence-corrected chi connectivity index (χ4v) is 1.72. The second kappa shape index (κ2) is 6.58. The highest BCUT2D eigenvalue weighted by molar-refractivity contribution is 5.13. The Morgan fingerprint density at radius 2 is 2.12 bits per heavy atom. The first-order chi connectivity index (χ1) is 8.40. The van der Waals surface area contributed by atoms with Crippen molar-refractivity contribution in [2.45, 2.75) is 38.6 Å². The van der Waals surface area contributed by atoms with Crippen LogP contribution in [-0.4, -0.2) is 18.8 Å². The van der Waals surface area contributed by atoms with Gasteiger partial charge in [-0.05, 0) is 12.0 Å². The summed E-state index contributed by atoms with van der Waals surface area (Å²) in [5.74, 6) is 0. The Morgan fingerprint density at radius 3 is 2.88 bits per heavy atom. The first-order valence-electron chi connectivity index (χ1n) is 6.34. The van der Waals surface area contributed by atoms with E-state index in [1.165, 1.54) is 12.0 Å². The van der Waals surface area contributed by atoms with Gasteiger partial charge in [0.05, 0.1) is 13.2 Å². The van der Waals surface area contributed by atoms with E-state index >= 15 is 0 Å². The van der Waals surface area contributed by atoms with Gasteiger partial charge in [-0.15, -0.1) is 0 Å². The van der Waals surface area contributed by atoms with E-state index in [-0.39, 0.29) is 12.2 Å². The van der Waals surface area contributed by atoms with E-state index in [2.05, 4.69) is 31.2 Å². The van der Waals surface area contributed by atoms with Crippen molar-refractivity contribution in [3.05, 3.63) is 48.0 Å². The summed E-state index contributed by atoms with van der Waals surface area (Å²) in [5, 5.41) is 0. The Bertz CT molecular complexity index is 345. The van der Waals surface area contributed by atoms with Gasteiger partial charge in [0.1, 0.15) is 12.2 Å². The normalized spacial score (nSPS) is 23.1. The van der Waals surface area contributed by atoms with Gasteiger partial charge in [-0.3, -0.25) is 0 Å². The monoisotopic (exact) mass is 232 g/mol. The van der Waals surface area contributed by atoms with E-state index in [0.29, 0.717) is 13.2 Å². The number of allylic oxidation sites excluding steroid dienone is 1. The van der Waals surface area contributed by atoms with E-state index < -0.39 is 0 Å². The fraction of sp³-hybridized carbons (Fsp3) is 0.467. The molecule has 0 saturated carbocycles. The summed E-state index contributed by atoms with van der Waals surface area (Å²) >= 11 is 0. The van der Waals surface area contributed by atoms with Crippen LogP contribution in [0.3, 0.4) is 0 Å². The van der Waals surface area contributed by atoms with Gasteiger partial charge in [-0.2, -0.15) is 0 Å². The molecule has 0 spiro atoms. The van der Waals surface area contributed by atoms with Gasteiger partial charge in [-0.1, -0.05) is 55.8 Å². The van der Waals surface area contributed by atoms with Crippen LogP contribution in [0, 0.1) is 0 Å². The van der Waals surface area contributed by atoms with Crippen molar-refractivity contribution < 1.29 is 9.47 Å². The molecule has 0 unspecified atom stereocenters. The SMILES string of the molecule is CCC/C=C\[C@H]1O[C@H]1COCc1ccccc1. The third-order valence-electron chi connectivity index (χ3n) is 2.80. The molecule has 0 aromatic heterocycles. The van der Waals surface area contributed by atoms with Gasteiger partial charge in [0.2, 0.25) is 0 Å². The molecule has 0 amide bonds. The van der Waals surface area contributed by atoms with Gasteiger partial charge in [0.15, 0.2) is 0 Å². The lowest BCUT2D eigenvalue weighted by atomic mass is 10.2. The molecule has 0 N–H and O–H groups in total. The number of unbranched alkanes of at least 4 members (excludes halogenated alkanes) is 1. The highest BCUT2D eigenvalue weighted by Gasteiger charge is 2.36. The number of ether oxygens (including phenoxy) is 2. The molecule has 1 aromatic carbocycles. The lowest BCUT2D eigenvalue weighted by Gasteiger charge is -2.01. The molecule has 0 aliphatic carbocycles. The Morgan fingerprint density at radius 1 is 1.29 bits per heavy atom. The van der Waals surface area contributed by atoms with E-state index in [0.717, 1.165) is 6.42 Å². The van der Waals surface area contributed by atoms with Crippen LogP contribution in [0.4, 0.5) is 0 Å². The number of hydrogen-bond acceptors (Lipinski definition) is 2. The zero-order chi connectivity index (χ0) is 11.9. The molecule has 2 rings (SSSR count). The van der Waals surface area contributed by atoms with Crippen molar-refractivity contribution in [3.63, 3.8) is 0 Å². The molecule has 1 saturated heterocycles. The molecule has 2 heteroatoms. The number of benzene rings is 1. The van der Waals surface area contributed by atoms with Crippen LogP contribution in [0.1, 0.15) is 25.3 Å². The predicted molar refractivity (Wildman–Crippen MR) is 68.8 cm³/mol. The minimum absolute atomic E-state index is 0.270. The lowest BCUT2D eigenvalue weighted by Crippen LogP contribution is -2.03. The van der Waals surface area contributed by atoms with Crippen LogP contribution in [0.25, 0.3) is 0 Å². The molecule has 2 atom stereocenters. The minimum atomic E-state index is 0.270. The standard InChI is InChI=1S/C15H20O2/c1-2-3-5-10-14-15(17-14)12-16-11-13-8-6-4-7-9-13/h4-10,14-15H,2-3,11-12H2,1H3/b10-5-/t14-,15+/m1/s1. The molecule has 92 valence electrons. The summed E-state index contributed by atoms with van der Waals surface area (Å²) in [7, 11) is 0. The average Bonchev–Trinajstić information content (AvgIpc) is 3.10. The quantitative estimate of drug-likeness (QED) is 0.531. The van der Waals surface area contributed by atoms with Crippen molar-refractivity contribution >= 4 is 0 Å². The fourth-order valence-electron chi connectivity index (χ4n) is 1.72.